The maximum atomic E-state index is 13.3. The van der Waals surface area contributed by atoms with Crippen molar-refractivity contribution in [2.24, 2.45) is 0 Å². The molecule has 0 aliphatic rings. The van der Waals surface area contributed by atoms with E-state index < -0.39 is 11.8 Å². The van der Waals surface area contributed by atoms with Gasteiger partial charge in [0.05, 0.1) is 11.6 Å². The molecule has 84 valence electrons. The van der Waals surface area contributed by atoms with E-state index in [1.54, 1.807) is 0 Å². The van der Waals surface area contributed by atoms with E-state index in [1.165, 1.54) is 23.9 Å². The van der Waals surface area contributed by atoms with Crippen LogP contribution in [0.5, 0.6) is 0 Å². The second-order valence-corrected chi connectivity index (χ2v) is 4.20. The number of hydrogen-bond acceptors (Lipinski definition) is 3. The fourth-order valence-electron chi connectivity index (χ4n) is 1.08. The standard InChI is InChI=1S/C11H10FNO2S/c12-9-4-3-8(11(14)15)7-10(9)16-6-2-1-5-13/h3-4,7H,1-2,6H2,(H,14,15). The minimum atomic E-state index is -1.07. The summed E-state index contributed by atoms with van der Waals surface area (Å²) in [6.45, 7) is 0. The molecule has 0 heterocycles. The molecule has 0 atom stereocenters. The summed E-state index contributed by atoms with van der Waals surface area (Å²) in [6.07, 6.45) is 1.09. The molecule has 0 spiro atoms. The highest BCUT2D eigenvalue weighted by atomic mass is 32.2. The van der Waals surface area contributed by atoms with Gasteiger partial charge in [-0.3, -0.25) is 0 Å². The molecule has 3 nitrogen and oxygen atoms in total. The lowest BCUT2D eigenvalue weighted by Crippen LogP contribution is -1.97. The van der Waals surface area contributed by atoms with Crippen LogP contribution in [0.3, 0.4) is 0 Å². The predicted octanol–water partition coefficient (Wildman–Crippen LogP) is 2.92. The highest BCUT2D eigenvalue weighted by Crippen LogP contribution is 2.24. The summed E-state index contributed by atoms with van der Waals surface area (Å²) in [7, 11) is 0. The molecule has 0 fully saturated rings. The summed E-state index contributed by atoms with van der Waals surface area (Å²) in [5.41, 5.74) is 0.0733. The first-order valence-corrected chi connectivity index (χ1v) is 5.66. The monoisotopic (exact) mass is 239 g/mol. The highest BCUT2D eigenvalue weighted by Gasteiger charge is 2.08. The predicted molar refractivity (Wildman–Crippen MR) is 58.9 cm³/mol. The normalized spacial score (nSPS) is 9.75. The molecule has 0 aliphatic carbocycles. The van der Waals surface area contributed by atoms with Crippen LogP contribution in [0, 0.1) is 17.1 Å². The van der Waals surface area contributed by atoms with Crippen molar-refractivity contribution in [2.45, 2.75) is 17.7 Å². The average molecular weight is 239 g/mol. The number of aromatic carboxylic acids is 1. The zero-order valence-electron chi connectivity index (χ0n) is 8.44. The van der Waals surface area contributed by atoms with Crippen molar-refractivity contribution >= 4 is 17.7 Å². The van der Waals surface area contributed by atoms with E-state index in [0.717, 1.165) is 6.07 Å². The number of hydrogen-bond donors (Lipinski definition) is 1. The molecule has 0 saturated heterocycles. The molecule has 0 saturated carbocycles. The van der Waals surface area contributed by atoms with Crippen LogP contribution in [0.4, 0.5) is 4.39 Å². The van der Waals surface area contributed by atoms with E-state index in [1.807, 2.05) is 6.07 Å². The third kappa shape index (κ3) is 3.55. The Kier molecular flexibility index (Phi) is 4.80. The fourth-order valence-corrected chi connectivity index (χ4v) is 2.01. The van der Waals surface area contributed by atoms with E-state index in [0.29, 0.717) is 23.5 Å². The molecular formula is C11H10FNO2S. The number of carboxylic acids is 1. The van der Waals surface area contributed by atoms with E-state index in [9.17, 15) is 9.18 Å². The van der Waals surface area contributed by atoms with Crippen LogP contribution in [-0.4, -0.2) is 16.8 Å². The Morgan fingerprint density at radius 2 is 2.31 bits per heavy atom. The summed E-state index contributed by atoms with van der Waals surface area (Å²) in [6, 6.07) is 5.69. The van der Waals surface area contributed by atoms with Gasteiger partial charge in [0, 0.05) is 11.3 Å². The van der Waals surface area contributed by atoms with Crippen LogP contribution in [-0.2, 0) is 0 Å². The van der Waals surface area contributed by atoms with Crippen LogP contribution in [0.25, 0.3) is 0 Å². The van der Waals surface area contributed by atoms with Crippen LogP contribution in [0.15, 0.2) is 23.1 Å². The van der Waals surface area contributed by atoms with Gasteiger partial charge in [-0.05, 0) is 30.4 Å². The number of rotatable bonds is 5. The topological polar surface area (TPSA) is 61.1 Å². The molecule has 5 heteroatoms. The molecule has 0 unspecified atom stereocenters. The van der Waals surface area contributed by atoms with Crippen molar-refractivity contribution in [1.82, 2.24) is 0 Å². The van der Waals surface area contributed by atoms with E-state index in [4.69, 9.17) is 10.4 Å². The molecule has 1 N–H and O–H groups in total. The van der Waals surface area contributed by atoms with Gasteiger partial charge in [-0.1, -0.05) is 0 Å². The lowest BCUT2D eigenvalue weighted by molar-refractivity contribution is 0.0696. The Hall–Kier alpha value is -1.54. The smallest absolute Gasteiger partial charge is 0.335 e. The Morgan fingerprint density at radius 1 is 1.56 bits per heavy atom. The summed E-state index contributed by atoms with van der Waals surface area (Å²) in [5, 5.41) is 17.1. The summed E-state index contributed by atoms with van der Waals surface area (Å²) >= 11 is 1.23. The Bertz CT molecular complexity index is 428. The van der Waals surface area contributed by atoms with Gasteiger partial charge in [0.25, 0.3) is 0 Å². The SMILES string of the molecule is N#CCCCSc1cc(C(=O)O)ccc1F. The molecule has 1 rings (SSSR count). The third-order valence-corrected chi connectivity index (χ3v) is 2.99. The number of benzene rings is 1. The van der Waals surface area contributed by atoms with Crippen molar-refractivity contribution in [3.63, 3.8) is 0 Å². The summed E-state index contributed by atoms with van der Waals surface area (Å²) < 4.78 is 13.3. The van der Waals surface area contributed by atoms with Gasteiger partial charge in [-0.25, -0.2) is 9.18 Å². The lowest BCUT2D eigenvalue weighted by Gasteiger charge is -2.03. The van der Waals surface area contributed by atoms with Crippen LogP contribution < -0.4 is 0 Å². The van der Waals surface area contributed by atoms with Gasteiger partial charge in [0.1, 0.15) is 5.82 Å². The van der Waals surface area contributed by atoms with Gasteiger partial charge < -0.3 is 5.11 Å². The maximum Gasteiger partial charge on any atom is 0.335 e. The van der Waals surface area contributed by atoms with Gasteiger partial charge in [0.15, 0.2) is 0 Å². The molecule has 0 radical (unpaired) electrons. The van der Waals surface area contributed by atoms with Crippen molar-refractivity contribution in [3.05, 3.63) is 29.6 Å². The third-order valence-electron chi connectivity index (χ3n) is 1.87. The first-order chi connectivity index (χ1) is 7.65. The summed E-state index contributed by atoms with van der Waals surface area (Å²) in [5.74, 6) is -0.890. The first-order valence-electron chi connectivity index (χ1n) is 4.67. The molecule has 0 bridgehead atoms. The average Bonchev–Trinajstić information content (AvgIpc) is 2.26. The molecule has 1 aromatic carbocycles. The largest absolute Gasteiger partial charge is 0.478 e. The van der Waals surface area contributed by atoms with Crippen molar-refractivity contribution in [1.29, 1.82) is 5.26 Å². The lowest BCUT2D eigenvalue weighted by atomic mass is 10.2. The number of carboxylic acid groups (broad SMARTS) is 1. The minimum Gasteiger partial charge on any atom is -0.478 e. The van der Waals surface area contributed by atoms with E-state index in [2.05, 4.69) is 0 Å². The number of halogens is 1. The zero-order chi connectivity index (χ0) is 12.0. The number of nitriles is 1. The molecule has 1 aromatic rings. The van der Waals surface area contributed by atoms with Crippen LogP contribution >= 0.6 is 11.8 Å². The zero-order valence-corrected chi connectivity index (χ0v) is 9.26. The Labute approximate surface area is 96.9 Å². The molecule has 16 heavy (non-hydrogen) atoms. The maximum absolute atomic E-state index is 13.3. The number of nitrogens with zero attached hydrogens (tertiary/aromatic N) is 1. The fraction of sp³-hybridized carbons (Fsp3) is 0.273. The summed E-state index contributed by atoms with van der Waals surface area (Å²) in [4.78, 5) is 11.0. The number of carbonyl (C=O) groups is 1. The second kappa shape index (κ2) is 6.13. The molecular weight excluding hydrogens is 229 g/mol. The van der Waals surface area contributed by atoms with Crippen LogP contribution in [0.2, 0.25) is 0 Å². The van der Waals surface area contributed by atoms with Gasteiger partial charge in [-0.15, -0.1) is 11.8 Å². The highest BCUT2D eigenvalue weighted by molar-refractivity contribution is 7.99. The number of thioether (sulfide) groups is 1. The van der Waals surface area contributed by atoms with E-state index >= 15 is 0 Å². The van der Waals surface area contributed by atoms with Gasteiger partial charge >= 0.3 is 5.97 Å². The first kappa shape index (κ1) is 12.5. The minimum absolute atomic E-state index is 0.0733. The Morgan fingerprint density at radius 3 is 2.94 bits per heavy atom. The van der Waals surface area contributed by atoms with Crippen LogP contribution in [0.1, 0.15) is 23.2 Å². The number of unbranched alkanes of at least 4 members (excludes halogenated alkanes) is 1. The molecule has 0 aliphatic heterocycles. The Balaban J connectivity index is 2.67. The van der Waals surface area contributed by atoms with E-state index in [-0.39, 0.29) is 5.56 Å². The van der Waals surface area contributed by atoms with Crippen molar-refractivity contribution in [2.75, 3.05) is 5.75 Å². The molecule has 0 aromatic heterocycles. The quantitative estimate of drug-likeness (QED) is 0.634. The van der Waals surface area contributed by atoms with Crippen molar-refractivity contribution < 1.29 is 14.3 Å². The van der Waals surface area contributed by atoms with Crippen molar-refractivity contribution in [3.8, 4) is 6.07 Å². The molecule has 0 amide bonds. The van der Waals surface area contributed by atoms with Gasteiger partial charge in [-0.2, -0.15) is 5.26 Å². The second-order valence-electron chi connectivity index (χ2n) is 3.06. The van der Waals surface area contributed by atoms with Gasteiger partial charge in [0.2, 0.25) is 0 Å².